The normalized spacial score (nSPS) is 10.5. The molecule has 0 saturated heterocycles. The first-order valence-electron chi connectivity index (χ1n) is 6.65. The molecule has 1 N–H and O–H groups in total. The van der Waals surface area contributed by atoms with E-state index in [9.17, 15) is 4.79 Å². The number of hydrogen-bond acceptors (Lipinski definition) is 3. The van der Waals surface area contributed by atoms with Crippen LogP contribution in [-0.2, 0) is 0 Å². The summed E-state index contributed by atoms with van der Waals surface area (Å²) in [5, 5.41) is 16.1. The van der Waals surface area contributed by atoms with Crippen molar-refractivity contribution in [2.75, 3.05) is 0 Å². The summed E-state index contributed by atoms with van der Waals surface area (Å²) in [6.07, 6.45) is 4.87. The van der Waals surface area contributed by atoms with Crippen molar-refractivity contribution in [1.29, 1.82) is 10.7 Å². The number of hydrogen-bond donors (Lipinski definition) is 1. The van der Waals surface area contributed by atoms with Gasteiger partial charge in [-0.1, -0.05) is 30.3 Å². The van der Waals surface area contributed by atoms with Crippen molar-refractivity contribution in [3.8, 4) is 6.07 Å². The van der Waals surface area contributed by atoms with Gasteiger partial charge in [0.2, 0.25) is 0 Å². The molecular formula is C18H14N3O+. The highest BCUT2D eigenvalue weighted by atomic mass is 16.1. The summed E-state index contributed by atoms with van der Waals surface area (Å²) in [5.41, 5.74) is 1.87. The van der Waals surface area contributed by atoms with Gasteiger partial charge < -0.3 is 0 Å². The number of aryl methyl sites for hydroxylation is 1. The third-order valence-corrected chi connectivity index (χ3v) is 3.08. The molecule has 2 rings (SSSR count). The second-order valence-electron chi connectivity index (χ2n) is 4.66. The van der Waals surface area contributed by atoms with Crippen LogP contribution < -0.4 is 4.57 Å². The van der Waals surface area contributed by atoms with Crippen LogP contribution in [0.5, 0.6) is 0 Å². The van der Waals surface area contributed by atoms with E-state index < -0.39 is 0 Å². The number of aromatic nitrogens is 1. The first kappa shape index (κ1) is 15.1. The Morgan fingerprint density at radius 3 is 2.36 bits per heavy atom. The van der Waals surface area contributed by atoms with E-state index >= 15 is 0 Å². The minimum absolute atomic E-state index is 0.00708. The van der Waals surface area contributed by atoms with Gasteiger partial charge in [-0.2, -0.15) is 9.83 Å². The molecule has 106 valence electrons. The average molecular weight is 288 g/mol. The Morgan fingerprint density at radius 1 is 1.18 bits per heavy atom. The van der Waals surface area contributed by atoms with Crippen molar-refractivity contribution >= 4 is 17.4 Å². The molecule has 0 amide bonds. The van der Waals surface area contributed by atoms with Gasteiger partial charge in [-0.25, -0.2) is 0 Å². The smallest absolute Gasteiger partial charge is 0.260 e. The number of nitrogens with one attached hydrogen (secondary N) is 1. The summed E-state index contributed by atoms with van der Waals surface area (Å²) < 4.78 is 1.64. The van der Waals surface area contributed by atoms with Crippen molar-refractivity contribution in [3.63, 3.8) is 0 Å². The lowest BCUT2D eigenvalue weighted by molar-refractivity contribution is -0.576. The summed E-state index contributed by atoms with van der Waals surface area (Å²) in [5.74, 6) is 1.81. The lowest BCUT2D eigenvalue weighted by atomic mass is 10.1. The number of rotatable bonds is 4. The first-order valence-corrected chi connectivity index (χ1v) is 6.65. The minimum atomic E-state index is -0.225. The molecular weight excluding hydrogens is 274 g/mol. The van der Waals surface area contributed by atoms with Gasteiger partial charge in [0.15, 0.2) is 12.4 Å². The number of pyridine rings is 1. The van der Waals surface area contributed by atoms with E-state index in [2.05, 4.69) is 0 Å². The van der Waals surface area contributed by atoms with E-state index in [1.165, 1.54) is 6.08 Å². The predicted octanol–water partition coefficient (Wildman–Crippen LogP) is 2.70. The lowest BCUT2D eigenvalue weighted by Gasteiger charge is -2.02. The average Bonchev–Trinajstić information content (AvgIpc) is 2.57. The zero-order valence-corrected chi connectivity index (χ0v) is 12.1. The molecule has 0 spiro atoms. The van der Waals surface area contributed by atoms with Crippen LogP contribution in [0.15, 0.2) is 66.5 Å². The van der Waals surface area contributed by atoms with Gasteiger partial charge >= 0.3 is 0 Å². The Morgan fingerprint density at radius 2 is 1.82 bits per heavy atom. The van der Waals surface area contributed by atoms with Crippen LogP contribution >= 0.6 is 0 Å². The largest absolute Gasteiger partial charge is 0.282 e. The van der Waals surface area contributed by atoms with Crippen LogP contribution in [-0.4, -0.2) is 11.7 Å². The second-order valence-corrected chi connectivity index (χ2v) is 4.66. The molecule has 4 nitrogen and oxygen atoms in total. The van der Waals surface area contributed by atoms with E-state index in [1.807, 2.05) is 37.1 Å². The highest BCUT2D eigenvalue weighted by molar-refractivity contribution is 6.22. The molecule has 0 atom stereocenters. The number of allylic oxidation sites excluding steroid dienone is 3. The number of ketones is 1. The molecule has 22 heavy (non-hydrogen) atoms. The van der Waals surface area contributed by atoms with Crippen LogP contribution in [0.1, 0.15) is 15.9 Å². The third-order valence-electron chi connectivity index (χ3n) is 3.08. The van der Waals surface area contributed by atoms with E-state index in [0.717, 1.165) is 5.56 Å². The van der Waals surface area contributed by atoms with E-state index in [-0.39, 0.29) is 11.4 Å². The third kappa shape index (κ3) is 3.43. The highest BCUT2D eigenvalue weighted by Gasteiger charge is 2.22. The monoisotopic (exact) mass is 288 g/mol. The Hall–Kier alpha value is -3.28. The molecule has 0 fully saturated rings. The van der Waals surface area contributed by atoms with Gasteiger partial charge in [-0.3, -0.25) is 10.2 Å². The van der Waals surface area contributed by atoms with Crippen LogP contribution in [0.2, 0.25) is 0 Å². The maximum atomic E-state index is 12.7. The number of Topliss-reactive ketones (excluding diaryl/α,β-unsaturated/α-hetero) is 1. The zero-order chi connectivity index (χ0) is 15.9. The molecule has 1 aromatic heterocycles. The maximum absolute atomic E-state index is 12.7. The number of nitrogens with zero attached hydrogens (tertiary/aromatic N) is 2. The van der Waals surface area contributed by atoms with Crippen LogP contribution in [0, 0.1) is 23.7 Å². The molecule has 4 heteroatoms. The topological polar surface area (TPSA) is 68.6 Å². The lowest BCUT2D eigenvalue weighted by Crippen LogP contribution is -2.35. The molecule has 1 heterocycles. The van der Waals surface area contributed by atoms with Gasteiger partial charge in [0, 0.05) is 23.8 Å². The fourth-order valence-electron chi connectivity index (χ4n) is 1.89. The molecule has 0 radical (unpaired) electrons. The van der Waals surface area contributed by atoms with Crippen LogP contribution in [0.25, 0.3) is 5.70 Å². The highest BCUT2D eigenvalue weighted by Crippen LogP contribution is 2.10. The van der Waals surface area contributed by atoms with E-state index in [1.54, 1.807) is 41.2 Å². The van der Waals surface area contributed by atoms with Crippen molar-refractivity contribution in [1.82, 2.24) is 0 Å². The van der Waals surface area contributed by atoms with Gasteiger partial charge in [0.1, 0.15) is 11.6 Å². The molecule has 0 aliphatic heterocycles. The minimum Gasteiger partial charge on any atom is -0.282 e. The van der Waals surface area contributed by atoms with Crippen molar-refractivity contribution in [2.24, 2.45) is 0 Å². The van der Waals surface area contributed by atoms with Gasteiger partial charge in [-0.05, 0) is 18.4 Å². The summed E-state index contributed by atoms with van der Waals surface area (Å²) in [4.78, 5) is 12.7. The van der Waals surface area contributed by atoms with E-state index in [4.69, 9.17) is 10.7 Å². The molecule has 0 aliphatic carbocycles. The number of nitriles is 1. The first-order chi connectivity index (χ1) is 10.7. The van der Waals surface area contributed by atoms with E-state index in [0.29, 0.717) is 11.3 Å². The predicted molar refractivity (Wildman–Crippen MR) is 83.3 cm³/mol. The number of carbonyl (C=O) groups excluding carboxylic acids is 1. The SMILES string of the molecule is Cc1cc[n+](/C(=C\C(=C=N)C#N)C(=O)c2ccccc2)cc1. The summed E-state index contributed by atoms with van der Waals surface area (Å²) in [7, 11) is 0. The summed E-state index contributed by atoms with van der Waals surface area (Å²) in [6, 6.07) is 14.4. The van der Waals surface area contributed by atoms with Gasteiger partial charge in [0.05, 0.1) is 0 Å². The Balaban J connectivity index is 2.56. The summed E-state index contributed by atoms with van der Waals surface area (Å²) in [6.45, 7) is 1.95. The van der Waals surface area contributed by atoms with Crippen LogP contribution in [0.3, 0.4) is 0 Å². The molecule has 0 unspecified atom stereocenters. The summed E-state index contributed by atoms with van der Waals surface area (Å²) >= 11 is 0. The Bertz CT molecular complexity index is 806. The molecule has 1 aromatic carbocycles. The van der Waals surface area contributed by atoms with Gasteiger partial charge in [-0.15, -0.1) is 0 Å². The van der Waals surface area contributed by atoms with Gasteiger partial charge in [0.25, 0.3) is 11.5 Å². The quantitative estimate of drug-likeness (QED) is 0.235. The maximum Gasteiger partial charge on any atom is 0.260 e. The number of benzene rings is 1. The van der Waals surface area contributed by atoms with Crippen molar-refractivity contribution in [2.45, 2.75) is 6.92 Å². The molecule has 0 bridgehead atoms. The van der Waals surface area contributed by atoms with Crippen LogP contribution in [0.4, 0.5) is 0 Å². The molecule has 0 aliphatic rings. The molecule has 0 saturated carbocycles. The Kier molecular flexibility index (Phi) is 4.77. The fourth-order valence-corrected chi connectivity index (χ4v) is 1.89. The molecule has 2 aromatic rings. The van der Waals surface area contributed by atoms with Crippen molar-refractivity contribution in [3.05, 3.63) is 77.6 Å². The Labute approximate surface area is 128 Å². The fraction of sp³-hybridized carbons (Fsp3) is 0.0556. The second kappa shape index (κ2) is 6.94. The van der Waals surface area contributed by atoms with Crippen molar-refractivity contribution < 1.29 is 9.36 Å². The standard InChI is InChI=1S/C18H14N3O/c1-14-7-9-21(10-8-14)17(11-15(12-19)13-20)18(22)16-5-3-2-4-6-16/h2-11,19H,1H3/q+1/b17-11-. The number of carbonyl (C=O) groups is 1. The zero-order valence-electron chi connectivity index (χ0n) is 12.1.